The average Bonchev–Trinajstić information content (AvgIpc) is 3.13. The van der Waals surface area contributed by atoms with Crippen LogP contribution in [-0.2, 0) is 7.05 Å². The Morgan fingerprint density at radius 3 is 2.70 bits per heavy atom. The van der Waals surface area contributed by atoms with E-state index in [2.05, 4.69) is 20.6 Å². The maximum Gasteiger partial charge on any atom is 0.278 e. The quantitative estimate of drug-likeness (QED) is 0.788. The Morgan fingerprint density at radius 2 is 2.15 bits per heavy atom. The van der Waals surface area contributed by atoms with E-state index in [0.717, 1.165) is 29.9 Å². The molecule has 0 bridgehead atoms. The van der Waals surface area contributed by atoms with Gasteiger partial charge in [0.05, 0.1) is 28.5 Å². The van der Waals surface area contributed by atoms with E-state index in [9.17, 15) is 4.79 Å². The minimum absolute atomic E-state index is 0.259. The summed E-state index contributed by atoms with van der Waals surface area (Å²) in [4.78, 5) is 12.3. The minimum atomic E-state index is -0.301. The van der Waals surface area contributed by atoms with Gasteiger partial charge in [0.1, 0.15) is 0 Å². The lowest BCUT2D eigenvalue weighted by molar-refractivity contribution is 0.102. The Balaban J connectivity index is 1.86. The van der Waals surface area contributed by atoms with Crippen molar-refractivity contribution in [3.63, 3.8) is 0 Å². The smallest absolute Gasteiger partial charge is 0.278 e. The molecule has 0 radical (unpaired) electrons. The van der Waals surface area contributed by atoms with Crippen molar-refractivity contribution in [2.24, 2.45) is 7.05 Å². The number of hydrogen-bond donors (Lipinski definition) is 3. The summed E-state index contributed by atoms with van der Waals surface area (Å²) in [5, 5.41) is 14.0. The van der Waals surface area contributed by atoms with Gasteiger partial charge in [-0.05, 0) is 26.7 Å². The number of carbonyl (C=O) groups excluding carboxylic acids is 1. The van der Waals surface area contributed by atoms with Crippen molar-refractivity contribution < 1.29 is 4.79 Å². The Morgan fingerprint density at radius 1 is 1.45 bits per heavy atom. The summed E-state index contributed by atoms with van der Waals surface area (Å²) in [6, 6.07) is 0. The third kappa shape index (κ3) is 1.95. The van der Waals surface area contributed by atoms with Crippen molar-refractivity contribution in [3.8, 4) is 0 Å². The summed E-state index contributed by atoms with van der Waals surface area (Å²) in [5.41, 5.74) is 9.99. The molecule has 0 unspecified atom stereocenters. The molecule has 1 saturated carbocycles. The molecule has 1 aliphatic rings. The first-order valence-corrected chi connectivity index (χ1v) is 6.64. The number of anilines is 2. The topological polar surface area (TPSA) is 102 Å². The van der Waals surface area contributed by atoms with Crippen molar-refractivity contribution in [2.45, 2.75) is 32.6 Å². The van der Waals surface area contributed by atoms with Crippen molar-refractivity contribution in [1.29, 1.82) is 0 Å². The zero-order chi connectivity index (χ0) is 14.4. The molecule has 0 aliphatic heterocycles. The molecule has 2 aromatic rings. The van der Waals surface area contributed by atoms with Gasteiger partial charge < -0.3 is 11.1 Å². The molecule has 2 aromatic heterocycles. The maximum absolute atomic E-state index is 12.3. The largest absolute Gasteiger partial charge is 0.395 e. The van der Waals surface area contributed by atoms with E-state index in [4.69, 9.17) is 5.73 Å². The van der Waals surface area contributed by atoms with Gasteiger partial charge in [0, 0.05) is 13.0 Å². The predicted molar refractivity (Wildman–Crippen MR) is 75.6 cm³/mol. The zero-order valence-electron chi connectivity index (χ0n) is 11.8. The number of hydrogen-bond acceptors (Lipinski definition) is 4. The van der Waals surface area contributed by atoms with Crippen molar-refractivity contribution in [3.05, 3.63) is 22.8 Å². The van der Waals surface area contributed by atoms with Gasteiger partial charge in [0.15, 0.2) is 5.69 Å². The lowest BCUT2D eigenvalue weighted by Crippen LogP contribution is -2.15. The monoisotopic (exact) mass is 274 g/mol. The predicted octanol–water partition coefficient (Wildman–Crippen LogP) is 1.47. The highest BCUT2D eigenvalue weighted by atomic mass is 16.2. The van der Waals surface area contributed by atoms with Gasteiger partial charge in [0.25, 0.3) is 5.91 Å². The number of amides is 1. The van der Waals surface area contributed by atoms with Crippen LogP contribution < -0.4 is 11.1 Å². The molecule has 1 amide bonds. The second-order valence-corrected chi connectivity index (χ2v) is 5.30. The van der Waals surface area contributed by atoms with Gasteiger partial charge in [-0.2, -0.15) is 10.2 Å². The molecular formula is C13H18N6O. The van der Waals surface area contributed by atoms with Crippen LogP contribution in [0.15, 0.2) is 0 Å². The first kappa shape index (κ1) is 12.7. The van der Waals surface area contributed by atoms with Gasteiger partial charge in [0.2, 0.25) is 0 Å². The molecule has 4 N–H and O–H groups in total. The lowest BCUT2D eigenvalue weighted by atomic mass is 10.2. The van der Waals surface area contributed by atoms with Crippen molar-refractivity contribution in [2.75, 3.05) is 11.1 Å². The summed E-state index contributed by atoms with van der Waals surface area (Å²) >= 11 is 0. The molecule has 7 nitrogen and oxygen atoms in total. The molecule has 0 aromatic carbocycles. The number of carbonyl (C=O) groups is 1. The number of nitrogens with one attached hydrogen (secondary N) is 2. The summed E-state index contributed by atoms with van der Waals surface area (Å²) in [6.07, 6.45) is 2.21. The van der Waals surface area contributed by atoms with Crippen LogP contribution >= 0.6 is 0 Å². The van der Waals surface area contributed by atoms with Crippen molar-refractivity contribution in [1.82, 2.24) is 20.0 Å². The fraction of sp³-hybridized carbons (Fsp3) is 0.462. The van der Waals surface area contributed by atoms with E-state index in [1.54, 1.807) is 4.68 Å². The third-order valence-electron chi connectivity index (χ3n) is 3.78. The normalized spacial score (nSPS) is 14.6. The summed E-state index contributed by atoms with van der Waals surface area (Å²) in [6.45, 7) is 3.76. The molecule has 20 heavy (non-hydrogen) atoms. The molecule has 3 rings (SSSR count). The molecule has 0 saturated heterocycles. The van der Waals surface area contributed by atoms with Crippen LogP contribution in [0.1, 0.15) is 46.3 Å². The molecule has 0 spiro atoms. The van der Waals surface area contributed by atoms with E-state index in [1.807, 2.05) is 20.9 Å². The van der Waals surface area contributed by atoms with E-state index in [-0.39, 0.29) is 11.6 Å². The van der Waals surface area contributed by atoms with Crippen LogP contribution in [0.4, 0.5) is 11.4 Å². The van der Waals surface area contributed by atoms with Gasteiger partial charge in [-0.1, -0.05) is 0 Å². The molecule has 1 fully saturated rings. The molecule has 2 heterocycles. The van der Waals surface area contributed by atoms with E-state index < -0.39 is 0 Å². The number of H-pyrrole nitrogens is 1. The summed E-state index contributed by atoms with van der Waals surface area (Å²) in [7, 11) is 1.84. The highest BCUT2D eigenvalue weighted by Gasteiger charge is 2.30. The Labute approximate surface area is 116 Å². The first-order chi connectivity index (χ1) is 9.49. The van der Waals surface area contributed by atoms with Crippen LogP contribution in [0.5, 0.6) is 0 Å². The van der Waals surface area contributed by atoms with Gasteiger partial charge in [-0.3, -0.25) is 14.6 Å². The third-order valence-corrected chi connectivity index (χ3v) is 3.78. The van der Waals surface area contributed by atoms with Gasteiger partial charge >= 0.3 is 0 Å². The number of aromatic nitrogens is 4. The average molecular weight is 274 g/mol. The molecule has 0 atom stereocenters. The second kappa shape index (κ2) is 4.36. The molecule has 7 heteroatoms. The van der Waals surface area contributed by atoms with Gasteiger partial charge in [-0.25, -0.2) is 0 Å². The number of nitrogens with zero attached hydrogens (tertiary/aromatic N) is 3. The van der Waals surface area contributed by atoms with Crippen LogP contribution in [0.25, 0.3) is 0 Å². The maximum atomic E-state index is 12.3. The zero-order valence-corrected chi connectivity index (χ0v) is 11.8. The number of aromatic amines is 1. The number of nitrogens with two attached hydrogens (primary N) is 1. The second-order valence-electron chi connectivity index (χ2n) is 5.30. The first-order valence-electron chi connectivity index (χ1n) is 6.64. The van der Waals surface area contributed by atoms with E-state index in [1.165, 1.54) is 0 Å². The fourth-order valence-corrected chi connectivity index (χ4v) is 2.35. The number of rotatable bonds is 3. The van der Waals surface area contributed by atoms with Crippen molar-refractivity contribution >= 4 is 17.3 Å². The highest BCUT2D eigenvalue weighted by molar-refractivity contribution is 6.07. The van der Waals surface area contributed by atoms with Crippen LogP contribution in [0, 0.1) is 13.8 Å². The Hall–Kier alpha value is -2.31. The summed E-state index contributed by atoms with van der Waals surface area (Å²) in [5.74, 6) is 0.135. The fourth-order valence-electron chi connectivity index (χ4n) is 2.35. The van der Waals surface area contributed by atoms with Crippen LogP contribution in [0.3, 0.4) is 0 Å². The van der Waals surface area contributed by atoms with Crippen LogP contribution in [0.2, 0.25) is 0 Å². The number of nitrogen functional groups attached to an aromatic ring is 1. The highest BCUT2D eigenvalue weighted by Crippen LogP contribution is 2.42. The molecular weight excluding hydrogens is 256 g/mol. The SMILES string of the molecule is Cc1nn(C)c(C)c1NC(=O)c1n[nH]c(C2CC2)c1N. The van der Waals surface area contributed by atoms with E-state index in [0.29, 0.717) is 17.3 Å². The summed E-state index contributed by atoms with van der Waals surface area (Å²) < 4.78 is 1.73. The van der Waals surface area contributed by atoms with Crippen LogP contribution in [-0.4, -0.2) is 25.9 Å². The van der Waals surface area contributed by atoms with Gasteiger partial charge in [-0.15, -0.1) is 0 Å². The standard InChI is InChI=1S/C13H18N6O/c1-6-10(7(2)19(3)18-6)15-13(20)12-9(14)11(16-17-12)8-4-5-8/h8H,4-5,14H2,1-3H3,(H,15,20)(H,16,17). The molecule has 1 aliphatic carbocycles. The minimum Gasteiger partial charge on any atom is -0.395 e. The Kier molecular flexibility index (Phi) is 2.77. The molecule has 106 valence electrons. The lowest BCUT2D eigenvalue weighted by Gasteiger charge is -2.04. The van der Waals surface area contributed by atoms with E-state index >= 15 is 0 Å². The Bertz CT molecular complexity index is 679. The number of aryl methyl sites for hydroxylation is 2.